The fraction of sp³-hybridized carbons (Fsp3) is 0.150. The highest BCUT2D eigenvalue weighted by molar-refractivity contribution is 7.98. The van der Waals surface area contributed by atoms with Gasteiger partial charge in [-0.05, 0) is 60.2 Å². The van der Waals surface area contributed by atoms with Gasteiger partial charge in [0.2, 0.25) is 0 Å². The molecule has 24 heavy (non-hydrogen) atoms. The summed E-state index contributed by atoms with van der Waals surface area (Å²) in [5.74, 6) is 0.257. The fourth-order valence-corrected chi connectivity index (χ4v) is 3.37. The van der Waals surface area contributed by atoms with Gasteiger partial charge in [0.25, 0.3) is 0 Å². The molecule has 4 heteroatoms. The summed E-state index contributed by atoms with van der Waals surface area (Å²) in [6, 6.07) is 14.0. The van der Waals surface area contributed by atoms with E-state index in [1.165, 1.54) is 11.8 Å². The highest BCUT2D eigenvalue weighted by atomic mass is 35.5. The van der Waals surface area contributed by atoms with Crippen LogP contribution in [0.25, 0.3) is 17.4 Å². The Labute approximate surface area is 151 Å². The molecule has 0 unspecified atom stereocenters. The lowest BCUT2D eigenvalue weighted by Gasteiger charge is -2.05. The average molecular weight is 357 g/mol. The van der Waals surface area contributed by atoms with E-state index in [2.05, 4.69) is 36.6 Å². The number of ether oxygens (including phenoxy) is 1. The number of carbonyl (C=O) groups is 1. The number of hydrogen-bond acceptors (Lipinski definition) is 3. The molecule has 0 saturated carbocycles. The molecular weight excluding hydrogens is 340 g/mol. The lowest BCUT2D eigenvalue weighted by Crippen LogP contribution is -1.98. The molecule has 0 spiro atoms. The zero-order chi connectivity index (χ0) is 17.3. The number of esters is 1. The van der Waals surface area contributed by atoms with Crippen LogP contribution < -0.4 is 0 Å². The maximum absolute atomic E-state index is 11.5. The van der Waals surface area contributed by atoms with E-state index < -0.39 is 0 Å². The van der Waals surface area contributed by atoms with Gasteiger partial charge in [0.1, 0.15) is 5.76 Å². The molecule has 0 aliphatic heterocycles. The van der Waals surface area contributed by atoms with Crippen molar-refractivity contribution in [2.45, 2.75) is 18.7 Å². The summed E-state index contributed by atoms with van der Waals surface area (Å²) < 4.78 is 5.45. The van der Waals surface area contributed by atoms with Crippen molar-refractivity contribution < 1.29 is 9.53 Å². The van der Waals surface area contributed by atoms with E-state index in [0.29, 0.717) is 10.8 Å². The van der Waals surface area contributed by atoms with Gasteiger partial charge >= 0.3 is 5.97 Å². The number of benzene rings is 2. The van der Waals surface area contributed by atoms with Crippen LogP contribution in [0, 0.1) is 0 Å². The molecular formula is C20H17ClO2S. The van der Waals surface area contributed by atoms with Crippen molar-refractivity contribution in [3.05, 3.63) is 69.8 Å². The van der Waals surface area contributed by atoms with Crippen molar-refractivity contribution in [1.82, 2.24) is 0 Å². The van der Waals surface area contributed by atoms with Crippen LogP contribution in [-0.2, 0) is 9.53 Å². The van der Waals surface area contributed by atoms with E-state index in [0.717, 1.165) is 27.8 Å². The third-order valence-corrected chi connectivity index (χ3v) is 4.91. The normalized spacial score (nSPS) is 14.9. The van der Waals surface area contributed by atoms with Gasteiger partial charge in [-0.3, -0.25) is 4.79 Å². The summed E-state index contributed by atoms with van der Waals surface area (Å²) in [5, 5.41) is 0.622. The minimum Gasteiger partial charge on any atom is -0.426 e. The van der Waals surface area contributed by atoms with E-state index in [4.69, 9.17) is 16.3 Å². The van der Waals surface area contributed by atoms with Crippen molar-refractivity contribution >= 4 is 46.7 Å². The molecule has 0 N–H and O–H groups in total. The SMILES string of the molecule is CSc1ccc(C=C2C(C)=C(OC(C)=O)c3cc(Cl)ccc32)cc1. The van der Waals surface area contributed by atoms with Crippen LogP contribution >= 0.6 is 23.4 Å². The zero-order valence-electron chi connectivity index (χ0n) is 13.7. The van der Waals surface area contributed by atoms with Crippen LogP contribution in [0.3, 0.4) is 0 Å². The Bertz CT molecular complexity index is 864. The molecule has 1 aliphatic carbocycles. The molecule has 0 aromatic heterocycles. The van der Waals surface area contributed by atoms with Crippen LogP contribution in [0.15, 0.2) is 52.9 Å². The van der Waals surface area contributed by atoms with Crippen molar-refractivity contribution in [2.75, 3.05) is 6.26 Å². The number of fused-ring (bicyclic) bond motifs is 1. The summed E-state index contributed by atoms with van der Waals surface area (Å²) in [6.07, 6.45) is 4.17. The summed E-state index contributed by atoms with van der Waals surface area (Å²) in [5.41, 5.74) is 4.99. The summed E-state index contributed by atoms with van der Waals surface area (Å²) in [6.45, 7) is 3.38. The Kier molecular flexibility index (Phi) is 4.83. The monoisotopic (exact) mass is 356 g/mol. The number of thioether (sulfide) groups is 1. The molecule has 1 aliphatic rings. The van der Waals surface area contributed by atoms with Crippen LogP contribution in [0.2, 0.25) is 5.02 Å². The highest BCUT2D eigenvalue weighted by Crippen LogP contribution is 2.43. The second-order valence-corrected chi connectivity index (χ2v) is 6.88. The van der Waals surface area contributed by atoms with Crippen molar-refractivity contribution in [1.29, 1.82) is 0 Å². The number of allylic oxidation sites excluding steroid dienone is 2. The molecule has 0 heterocycles. The van der Waals surface area contributed by atoms with Crippen molar-refractivity contribution in [2.24, 2.45) is 0 Å². The lowest BCUT2D eigenvalue weighted by atomic mass is 10.0. The second-order valence-electron chi connectivity index (χ2n) is 5.57. The Hall–Kier alpha value is -1.97. The molecule has 122 valence electrons. The molecule has 0 saturated heterocycles. The Morgan fingerprint density at radius 1 is 1.12 bits per heavy atom. The van der Waals surface area contributed by atoms with E-state index in [1.807, 2.05) is 25.1 Å². The standard InChI is InChI=1S/C20H17ClO2S/c1-12-18(10-14-4-7-16(24-3)8-5-14)17-9-6-15(21)11-19(17)20(12)23-13(2)22/h4-11H,1-3H3. The minimum absolute atomic E-state index is 0.333. The summed E-state index contributed by atoms with van der Waals surface area (Å²) in [4.78, 5) is 12.7. The number of hydrogen-bond donors (Lipinski definition) is 0. The third kappa shape index (κ3) is 3.28. The highest BCUT2D eigenvalue weighted by Gasteiger charge is 2.26. The van der Waals surface area contributed by atoms with Crippen LogP contribution in [-0.4, -0.2) is 12.2 Å². The number of rotatable bonds is 3. The fourth-order valence-electron chi connectivity index (χ4n) is 2.79. The van der Waals surface area contributed by atoms with Gasteiger partial charge < -0.3 is 4.74 Å². The average Bonchev–Trinajstić information content (AvgIpc) is 2.80. The molecule has 0 bridgehead atoms. The molecule has 2 aromatic carbocycles. The number of carbonyl (C=O) groups excluding carboxylic acids is 1. The second kappa shape index (κ2) is 6.88. The van der Waals surface area contributed by atoms with Gasteiger partial charge in [-0.2, -0.15) is 0 Å². The first-order valence-corrected chi connectivity index (χ1v) is 9.15. The summed E-state index contributed by atoms with van der Waals surface area (Å²) >= 11 is 7.85. The van der Waals surface area contributed by atoms with Crippen LogP contribution in [0.1, 0.15) is 30.5 Å². The van der Waals surface area contributed by atoms with Gasteiger partial charge in [0, 0.05) is 28.0 Å². The predicted molar refractivity (Wildman–Crippen MR) is 102 cm³/mol. The molecule has 0 fully saturated rings. The molecule has 3 rings (SSSR count). The third-order valence-electron chi connectivity index (χ3n) is 3.93. The van der Waals surface area contributed by atoms with E-state index in [-0.39, 0.29) is 5.97 Å². The molecule has 2 nitrogen and oxygen atoms in total. The smallest absolute Gasteiger partial charge is 0.308 e. The van der Waals surface area contributed by atoms with E-state index in [9.17, 15) is 4.79 Å². The number of halogens is 1. The van der Waals surface area contributed by atoms with Crippen molar-refractivity contribution in [3.8, 4) is 0 Å². The summed E-state index contributed by atoms with van der Waals surface area (Å²) in [7, 11) is 0. The molecule has 0 amide bonds. The van der Waals surface area contributed by atoms with Crippen LogP contribution in [0.5, 0.6) is 0 Å². The topological polar surface area (TPSA) is 26.3 Å². The predicted octanol–water partition coefficient (Wildman–Crippen LogP) is 5.91. The van der Waals surface area contributed by atoms with E-state index in [1.54, 1.807) is 11.8 Å². The molecule has 0 radical (unpaired) electrons. The van der Waals surface area contributed by atoms with Gasteiger partial charge in [0.15, 0.2) is 0 Å². The van der Waals surface area contributed by atoms with Crippen LogP contribution in [0.4, 0.5) is 0 Å². The zero-order valence-corrected chi connectivity index (χ0v) is 15.3. The first-order valence-electron chi connectivity index (χ1n) is 7.55. The van der Waals surface area contributed by atoms with Gasteiger partial charge in [-0.25, -0.2) is 0 Å². The molecule has 2 aromatic rings. The largest absolute Gasteiger partial charge is 0.426 e. The van der Waals surface area contributed by atoms with Gasteiger partial charge in [-0.1, -0.05) is 29.8 Å². The van der Waals surface area contributed by atoms with Gasteiger partial charge in [-0.15, -0.1) is 11.8 Å². The maximum atomic E-state index is 11.5. The van der Waals surface area contributed by atoms with E-state index >= 15 is 0 Å². The Morgan fingerprint density at radius 3 is 2.46 bits per heavy atom. The molecule has 0 atom stereocenters. The Balaban J connectivity index is 2.11. The Morgan fingerprint density at radius 2 is 1.83 bits per heavy atom. The quantitative estimate of drug-likeness (QED) is 0.505. The first kappa shape index (κ1) is 16.9. The van der Waals surface area contributed by atoms with Crippen molar-refractivity contribution in [3.63, 3.8) is 0 Å². The first-order chi connectivity index (χ1) is 11.5. The van der Waals surface area contributed by atoms with Gasteiger partial charge in [0.05, 0.1) is 0 Å². The maximum Gasteiger partial charge on any atom is 0.308 e. The lowest BCUT2D eigenvalue weighted by molar-refractivity contribution is -0.134. The minimum atomic E-state index is -0.333.